The number of hydrogen-bond acceptors (Lipinski definition) is 3. The molecule has 1 unspecified atom stereocenters. The number of carbonyl (C=O) groups excluding carboxylic acids is 1. The van der Waals surface area contributed by atoms with Crippen molar-refractivity contribution in [3.63, 3.8) is 0 Å². The first-order valence-electron chi connectivity index (χ1n) is 5.86. The number of amides is 1. The lowest BCUT2D eigenvalue weighted by Crippen LogP contribution is -2.50. The van der Waals surface area contributed by atoms with E-state index in [0.29, 0.717) is 6.04 Å². The minimum atomic E-state index is -0.0875. The van der Waals surface area contributed by atoms with Gasteiger partial charge in [0, 0.05) is 12.1 Å². The predicted molar refractivity (Wildman–Crippen MR) is 61.8 cm³/mol. The molecule has 3 N–H and O–H groups in total. The molecule has 15 heavy (non-hydrogen) atoms. The number of piperidine rings is 1. The molecule has 1 amide bonds. The first kappa shape index (κ1) is 12.5. The molecule has 0 spiro atoms. The molecule has 1 aliphatic rings. The summed E-state index contributed by atoms with van der Waals surface area (Å²) >= 11 is 0. The second-order valence-corrected chi connectivity index (χ2v) is 4.58. The maximum atomic E-state index is 11.6. The van der Waals surface area contributed by atoms with E-state index in [0.717, 1.165) is 25.9 Å². The van der Waals surface area contributed by atoms with Crippen molar-refractivity contribution in [2.24, 2.45) is 0 Å². The van der Waals surface area contributed by atoms with Crippen molar-refractivity contribution in [1.29, 1.82) is 0 Å². The summed E-state index contributed by atoms with van der Waals surface area (Å²) in [6, 6.07) is 0.615. The molecule has 1 atom stereocenters. The Morgan fingerprint density at radius 1 is 1.27 bits per heavy atom. The topological polar surface area (TPSA) is 53.2 Å². The summed E-state index contributed by atoms with van der Waals surface area (Å²) in [6.45, 7) is 8.00. The van der Waals surface area contributed by atoms with Gasteiger partial charge in [0.15, 0.2) is 0 Å². The van der Waals surface area contributed by atoms with Gasteiger partial charge in [0.25, 0.3) is 0 Å². The Balaban J connectivity index is 2.26. The molecule has 0 aliphatic carbocycles. The molecule has 0 aromatic carbocycles. The van der Waals surface area contributed by atoms with E-state index < -0.39 is 0 Å². The molecule has 0 saturated carbocycles. The highest BCUT2D eigenvalue weighted by Gasteiger charge is 2.19. The fraction of sp³-hybridized carbons (Fsp3) is 0.909. The highest BCUT2D eigenvalue weighted by Crippen LogP contribution is 2.03. The summed E-state index contributed by atoms with van der Waals surface area (Å²) in [5.41, 5.74) is 0. The Morgan fingerprint density at radius 3 is 2.40 bits per heavy atom. The van der Waals surface area contributed by atoms with E-state index in [1.165, 1.54) is 0 Å². The van der Waals surface area contributed by atoms with Crippen LogP contribution in [0.1, 0.15) is 33.6 Å². The molecule has 1 rings (SSSR count). The van der Waals surface area contributed by atoms with Crippen LogP contribution in [0.2, 0.25) is 0 Å². The Hall–Kier alpha value is -0.610. The van der Waals surface area contributed by atoms with E-state index in [1.807, 2.05) is 20.8 Å². The van der Waals surface area contributed by atoms with Crippen LogP contribution >= 0.6 is 0 Å². The normalized spacial score (nSPS) is 20.3. The molecule has 0 radical (unpaired) electrons. The van der Waals surface area contributed by atoms with E-state index in [2.05, 4.69) is 16.0 Å². The summed E-state index contributed by atoms with van der Waals surface area (Å²) < 4.78 is 0. The molecule has 4 nitrogen and oxygen atoms in total. The van der Waals surface area contributed by atoms with E-state index in [9.17, 15) is 4.79 Å². The SMILES string of the molecule is CC(C)NC(=O)C(C)NC1CCNCC1. The minimum Gasteiger partial charge on any atom is -0.353 e. The van der Waals surface area contributed by atoms with Crippen molar-refractivity contribution in [3.05, 3.63) is 0 Å². The molecule has 1 saturated heterocycles. The van der Waals surface area contributed by atoms with Crippen LogP contribution in [0.5, 0.6) is 0 Å². The van der Waals surface area contributed by atoms with Crippen molar-refractivity contribution >= 4 is 5.91 Å². The molecule has 0 bridgehead atoms. The number of hydrogen-bond donors (Lipinski definition) is 3. The van der Waals surface area contributed by atoms with E-state index in [1.54, 1.807) is 0 Å². The maximum absolute atomic E-state index is 11.6. The molecule has 1 aliphatic heterocycles. The van der Waals surface area contributed by atoms with Gasteiger partial charge in [-0.1, -0.05) is 0 Å². The average molecular weight is 213 g/mol. The maximum Gasteiger partial charge on any atom is 0.237 e. The highest BCUT2D eigenvalue weighted by atomic mass is 16.2. The first-order valence-corrected chi connectivity index (χ1v) is 5.86. The molecule has 0 aromatic heterocycles. The van der Waals surface area contributed by atoms with Crippen LogP contribution in [0.3, 0.4) is 0 Å². The van der Waals surface area contributed by atoms with Gasteiger partial charge < -0.3 is 16.0 Å². The van der Waals surface area contributed by atoms with Gasteiger partial charge in [0.05, 0.1) is 6.04 Å². The Kier molecular flexibility index (Phi) is 5.05. The molecule has 88 valence electrons. The highest BCUT2D eigenvalue weighted by molar-refractivity contribution is 5.81. The quantitative estimate of drug-likeness (QED) is 0.627. The molecular formula is C11H23N3O. The Bertz CT molecular complexity index is 200. The van der Waals surface area contributed by atoms with Crippen molar-refractivity contribution in [2.75, 3.05) is 13.1 Å². The number of rotatable bonds is 4. The number of nitrogens with one attached hydrogen (secondary N) is 3. The van der Waals surface area contributed by atoms with E-state index >= 15 is 0 Å². The van der Waals surface area contributed by atoms with E-state index in [4.69, 9.17) is 0 Å². The van der Waals surface area contributed by atoms with Crippen molar-refractivity contribution in [3.8, 4) is 0 Å². The van der Waals surface area contributed by atoms with Gasteiger partial charge in [0.1, 0.15) is 0 Å². The fourth-order valence-corrected chi connectivity index (χ4v) is 1.83. The van der Waals surface area contributed by atoms with Crippen molar-refractivity contribution < 1.29 is 4.79 Å². The third-order valence-electron chi connectivity index (χ3n) is 2.65. The monoisotopic (exact) mass is 213 g/mol. The summed E-state index contributed by atoms with van der Waals surface area (Å²) in [6.07, 6.45) is 2.22. The van der Waals surface area contributed by atoms with Gasteiger partial charge in [-0.3, -0.25) is 4.79 Å². The van der Waals surface area contributed by atoms with Gasteiger partial charge in [-0.15, -0.1) is 0 Å². The molecule has 0 aromatic rings. The lowest BCUT2D eigenvalue weighted by atomic mass is 10.1. The molecule has 1 fully saturated rings. The van der Waals surface area contributed by atoms with Crippen LogP contribution in [0.25, 0.3) is 0 Å². The Morgan fingerprint density at radius 2 is 1.87 bits per heavy atom. The fourth-order valence-electron chi connectivity index (χ4n) is 1.83. The summed E-state index contributed by atoms with van der Waals surface area (Å²) in [7, 11) is 0. The predicted octanol–water partition coefficient (Wildman–Crippen LogP) is 0.241. The van der Waals surface area contributed by atoms with Crippen LogP contribution in [-0.2, 0) is 4.79 Å². The van der Waals surface area contributed by atoms with Gasteiger partial charge in [-0.05, 0) is 46.7 Å². The van der Waals surface area contributed by atoms with Gasteiger partial charge in [-0.25, -0.2) is 0 Å². The summed E-state index contributed by atoms with van der Waals surface area (Å²) in [5.74, 6) is 0.100. The van der Waals surface area contributed by atoms with Crippen LogP contribution in [0.15, 0.2) is 0 Å². The van der Waals surface area contributed by atoms with Crippen LogP contribution < -0.4 is 16.0 Å². The zero-order valence-electron chi connectivity index (χ0n) is 9.97. The molecular weight excluding hydrogens is 190 g/mol. The van der Waals surface area contributed by atoms with Crippen LogP contribution in [0, 0.1) is 0 Å². The second-order valence-electron chi connectivity index (χ2n) is 4.58. The minimum absolute atomic E-state index is 0.0875. The van der Waals surface area contributed by atoms with E-state index in [-0.39, 0.29) is 18.0 Å². The third-order valence-corrected chi connectivity index (χ3v) is 2.65. The van der Waals surface area contributed by atoms with Crippen molar-refractivity contribution in [1.82, 2.24) is 16.0 Å². The lowest BCUT2D eigenvalue weighted by molar-refractivity contribution is -0.123. The smallest absolute Gasteiger partial charge is 0.237 e. The largest absolute Gasteiger partial charge is 0.353 e. The Labute approximate surface area is 92.2 Å². The molecule has 1 heterocycles. The summed E-state index contributed by atoms with van der Waals surface area (Å²) in [4.78, 5) is 11.6. The van der Waals surface area contributed by atoms with Gasteiger partial charge >= 0.3 is 0 Å². The van der Waals surface area contributed by atoms with Gasteiger partial charge in [-0.2, -0.15) is 0 Å². The lowest BCUT2D eigenvalue weighted by Gasteiger charge is -2.27. The summed E-state index contributed by atoms with van der Waals surface area (Å²) in [5, 5.41) is 9.60. The zero-order valence-corrected chi connectivity index (χ0v) is 9.97. The average Bonchev–Trinajstić information content (AvgIpc) is 2.18. The zero-order chi connectivity index (χ0) is 11.3. The second kappa shape index (κ2) is 6.08. The first-order chi connectivity index (χ1) is 7.09. The van der Waals surface area contributed by atoms with Gasteiger partial charge in [0.2, 0.25) is 5.91 Å². The third kappa shape index (κ3) is 4.62. The van der Waals surface area contributed by atoms with Crippen molar-refractivity contribution in [2.45, 2.75) is 51.7 Å². The van der Waals surface area contributed by atoms with Crippen LogP contribution in [0.4, 0.5) is 0 Å². The standard InChI is InChI=1S/C11H23N3O/c1-8(2)13-11(15)9(3)14-10-4-6-12-7-5-10/h8-10,12,14H,4-7H2,1-3H3,(H,13,15). The number of carbonyl (C=O) groups is 1. The van der Waals surface area contributed by atoms with Crippen LogP contribution in [-0.4, -0.2) is 37.1 Å². The molecule has 4 heteroatoms.